The summed E-state index contributed by atoms with van der Waals surface area (Å²) in [6.07, 6.45) is 0.758. The summed E-state index contributed by atoms with van der Waals surface area (Å²) in [5.41, 5.74) is 0.595. The zero-order chi connectivity index (χ0) is 27.3. The molecule has 1 fully saturated rings. The van der Waals surface area contributed by atoms with Crippen molar-refractivity contribution >= 4 is 23.5 Å². The van der Waals surface area contributed by atoms with E-state index in [1.807, 2.05) is 19.9 Å². The SMILES string of the molecule is CC(C)COC(=O)N1CCN(c2ccc(NC(=O)Cn3cc(-c4ccnc(C(F)(F)F)c4)cn3)nc2)CC1. The number of nitrogens with zero attached hydrogens (tertiary/aromatic N) is 6. The van der Waals surface area contributed by atoms with Gasteiger partial charge in [-0.3, -0.25) is 14.5 Å². The predicted octanol–water partition coefficient (Wildman–Crippen LogP) is 3.91. The second kappa shape index (κ2) is 11.5. The minimum Gasteiger partial charge on any atom is -0.449 e. The fourth-order valence-electron chi connectivity index (χ4n) is 3.82. The summed E-state index contributed by atoms with van der Waals surface area (Å²) in [5.74, 6) is 0.245. The van der Waals surface area contributed by atoms with Gasteiger partial charge in [0.15, 0.2) is 0 Å². The van der Waals surface area contributed by atoms with Crippen molar-refractivity contribution in [1.82, 2.24) is 24.6 Å². The second-order valence-corrected chi connectivity index (χ2v) is 9.25. The molecule has 0 unspecified atom stereocenters. The first-order valence-corrected chi connectivity index (χ1v) is 12.1. The van der Waals surface area contributed by atoms with Crippen LogP contribution in [0.2, 0.25) is 0 Å². The van der Waals surface area contributed by atoms with Gasteiger partial charge in [-0.15, -0.1) is 0 Å². The van der Waals surface area contributed by atoms with Crippen LogP contribution in [0.15, 0.2) is 49.1 Å². The highest BCUT2D eigenvalue weighted by atomic mass is 19.4. The molecule has 3 aromatic heterocycles. The van der Waals surface area contributed by atoms with Crippen LogP contribution < -0.4 is 10.2 Å². The summed E-state index contributed by atoms with van der Waals surface area (Å²) >= 11 is 0. The van der Waals surface area contributed by atoms with Gasteiger partial charge in [0.05, 0.1) is 24.7 Å². The van der Waals surface area contributed by atoms with Crippen molar-refractivity contribution in [1.29, 1.82) is 0 Å². The number of carbonyl (C=O) groups is 2. The Hall–Kier alpha value is -4.16. The Morgan fingerprint density at radius 3 is 2.47 bits per heavy atom. The molecule has 2 amide bonds. The quantitative estimate of drug-likeness (QED) is 0.493. The fraction of sp³-hybridized carbons (Fsp3) is 0.400. The second-order valence-electron chi connectivity index (χ2n) is 9.25. The summed E-state index contributed by atoms with van der Waals surface area (Å²) in [6.45, 7) is 6.57. The molecular weight excluding hydrogens is 503 g/mol. The van der Waals surface area contributed by atoms with E-state index in [4.69, 9.17) is 4.74 Å². The lowest BCUT2D eigenvalue weighted by Crippen LogP contribution is -2.49. The summed E-state index contributed by atoms with van der Waals surface area (Å²) in [4.78, 5) is 36.0. The summed E-state index contributed by atoms with van der Waals surface area (Å²) in [5, 5.41) is 6.76. The minimum atomic E-state index is -4.55. The van der Waals surface area contributed by atoms with Crippen LogP contribution in [0.1, 0.15) is 19.5 Å². The van der Waals surface area contributed by atoms with E-state index in [0.29, 0.717) is 49.7 Å². The number of rotatable bonds is 7. The van der Waals surface area contributed by atoms with Crippen LogP contribution in [0.25, 0.3) is 11.1 Å². The molecule has 38 heavy (non-hydrogen) atoms. The van der Waals surface area contributed by atoms with E-state index in [-0.39, 0.29) is 24.5 Å². The van der Waals surface area contributed by atoms with Crippen molar-refractivity contribution in [2.45, 2.75) is 26.6 Å². The molecule has 4 rings (SSSR count). The molecule has 0 bridgehead atoms. The number of aromatic nitrogens is 4. The summed E-state index contributed by atoms with van der Waals surface area (Å²) in [6, 6.07) is 5.90. The fourth-order valence-corrected chi connectivity index (χ4v) is 3.82. The third-order valence-corrected chi connectivity index (χ3v) is 5.78. The Balaban J connectivity index is 1.28. The van der Waals surface area contributed by atoms with Crippen molar-refractivity contribution in [3.63, 3.8) is 0 Å². The first kappa shape index (κ1) is 26.9. The van der Waals surface area contributed by atoms with Gasteiger partial charge < -0.3 is 19.9 Å². The van der Waals surface area contributed by atoms with Gasteiger partial charge in [0.2, 0.25) is 5.91 Å². The maximum atomic E-state index is 12.9. The van der Waals surface area contributed by atoms with Crippen LogP contribution in [0, 0.1) is 5.92 Å². The Morgan fingerprint density at radius 1 is 1.05 bits per heavy atom. The number of hydrogen-bond donors (Lipinski definition) is 1. The maximum absolute atomic E-state index is 12.9. The van der Waals surface area contributed by atoms with Crippen LogP contribution in [-0.4, -0.2) is 69.4 Å². The molecule has 0 spiro atoms. The number of nitrogens with one attached hydrogen (secondary N) is 1. The highest BCUT2D eigenvalue weighted by Gasteiger charge is 2.32. The monoisotopic (exact) mass is 531 g/mol. The zero-order valence-corrected chi connectivity index (χ0v) is 21.0. The lowest BCUT2D eigenvalue weighted by atomic mass is 10.1. The molecule has 0 aliphatic carbocycles. The smallest absolute Gasteiger partial charge is 0.433 e. The van der Waals surface area contributed by atoms with Gasteiger partial charge in [0, 0.05) is 44.1 Å². The molecule has 0 saturated carbocycles. The van der Waals surface area contributed by atoms with Crippen molar-refractivity contribution in [3.8, 4) is 11.1 Å². The maximum Gasteiger partial charge on any atom is 0.433 e. The van der Waals surface area contributed by atoms with Crippen molar-refractivity contribution in [3.05, 3.63) is 54.7 Å². The third kappa shape index (κ3) is 6.99. The highest BCUT2D eigenvalue weighted by molar-refractivity contribution is 5.89. The molecule has 1 saturated heterocycles. The molecule has 202 valence electrons. The largest absolute Gasteiger partial charge is 0.449 e. The Labute approximate surface area is 217 Å². The molecule has 10 nitrogen and oxygen atoms in total. The van der Waals surface area contributed by atoms with E-state index in [1.165, 1.54) is 23.1 Å². The van der Waals surface area contributed by atoms with E-state index < -0.39 is 11.9 Å². The molecule has 0 atom stereocenters. The van der Waals surface area contributed by atoms with Crippen LogP contribution in [-0.2, 0) is 22.3 Å². The van der Waals surface area contributed by atoms with Gasteiger partial charge in [-0.25, -0.2) is 9.78 Å². The number of pyridine rings is 2. The van der Waals surface area contributed by atoms with E-state index in [9.17, 15) is 22.8 Å². The predicted molar refractivity (Wildman–Crippen MR) is 133 cm³/mol. The Kier molecular flexibility index (Phi) is 8.13. The van der Waals surface area contributed by atoms with Gasteiger partial charge in [0.1, 0.15) is 18.1 Å². The Morgan fingerprint density at radius 2 is 1.82 bits per heavy atom. The molecule has 3 aromatic rings. The molecule has 0 radical (unpaired) electrons. The average Bonchev–Trinajstić information content (AvgIpc) is 3.35. The normalized spacial score (nSPS) is 14.1. The summed E-state index contributed by atoms with van der Waals surface area (Å²) in [7, 11) is 0. The van der Waals surface area contributed by atoms with Gasteiger partial charge in [-0.1, -0.05) is 13.8 Å². The molecule has 4 heterocycles. The van der Waals surface area contributed by atoms with Gasteiger partial charge in [-0.2, -0.15) is 18.3 Å². The lowest BCUT2D eigenvalue weighted by Gasteiger charge is -2.35. The average molecular weight is 532 g/mol. The number of halogens is 3. The number of ether oxygens (including phenoxy) is 1. The van der Waals surface area contributed by atoms with E-state index in [2.05, 4.69) is 25.3 Å². The van der Waals surface area contributed by atoms with E-state index in [1.54, 1.807) is 17.2 Å². The number of piperazine rings is 1. The number of carbonyl (C=O) groups excluding carboxylic acids is 2. The first-order valence-electron chi connectivity index (χ1n) is 12.1. The lowest BCUT2D eigenvalue weighted by molar-refractivity contribution is -0.141. The molecule has 13 heteroatoms. The van der Waals surface area contributed by atoms with E-state index >= 15 is 0 Å². The molecule has 1 aliphatic heterocycles. The molecule has 0 aromatic carbocycles. The molecular formula is C25H28F3N7O3. The zero-order valence-electron chi connectivity index (χ0n) is 21.0. The summed E-state index contributed by atoms with van der Waals surface area (Å²) < 4.78 is 45.4. The number of amides is 2. The minimum absolute atomic E-state index is 0.143. The van der Waals surface area contributed by atoms with Crippen molar-refractivity contribution < 1.29 is 27.5 Å². The standard InChI is InChI=1S/C25H28F3N7O3/c1-17(2)16-38-24(37)34-9-7-33(8-10-34)20-3-4-22(30-13-20)32-23(36)15-35-14-19(12-31-35)18-5-6-29-21(11-18)25(26,27)28/h3-6,11-14,17H,7-10,15-16H2,1-2H3,(H,30,32,36). The van der Waals surface area contributed by atoms with Crippen molar-refractivity contribution in [2.75, 3.05) is 43.0 Å². The highest BCUT2D eigenvalue weighted by Crippen LogP contribution is 2.30. The van der Waals surface area contributed by atoms with Gasteiger partial charge in [-0.05, 0) is 35.7 Å². The van der Waals surface area contributed by atoms with Crippen LogP contribution in [0.4, 0.5) is 29.5 Å². The van der Waals surface area contributed by atoms with Crippen LogP contribution in [0.5, 0.6) is 0 Å². The molecule has 1 aliphatic rings. The topological polar surface area (TPSA) is 105 Å². The van der Waals surface area contributed by atoms with Crippen LogP contribution in [0.3, 0.4) is 0 Å². The number of hydrogen-bond acceptors (Lipinski definition) is 7. The molecule has 1 N–H and O–H groups in total. The van der Waals surface area contributed by atoms with Gasteiger partial charge >= 0.3 is 12.3 Å². The van der Waals surface area contributed by atoms with Gasteiger partial charge in [0.25, 0.3) is 0 Å². The third-order valence-electron chi connectivity index (χ3n) is 5.78. The van der Waals surface area contributed by atoms with Crippen molar-refractivity contribution in [2.24, 2.45) is 5.92 Å². The number of anilines is 2. The van der Waals surface area contributed by atoms with E-state index in [0.717, 1.165) is 18.0 Å². The first-order chi connectivity index (χ1) is 18.1. The van der Waals surface area contributed by atoms with Crippen LogP contribution >= 0.6 is 0 Å². The Bertz CT molecular complexity index is 1250. The number of alkyl halides is 3.